The van der Waals surface area contributed by atoms with E-state index in [1.807, 2.05) is 30.3 Å². The van der Waals surface area contributed by atoms with Crippen LogP contribution in [0, 0.1) is 0 Å². The Morgan fingerprint density at radius 1 is 1.29 bits per heavy atom. The lowest BCUT2D eigenvalue weighted by atomic mass is 9.89. The zero-order valence-corrected chi connectivity index (χ0v) is 17.4. The molecular formula is C20H26N2O5S. The maximum atomic E-state index is 13.5. The van der Waals surface area contributed by atoms with Crippen LogP contribution in [0.4, 0.5) is 4.79 Å². The van der Waals surface area contributed by atoms with Crippen molar-refractivity contribution in [3.63, 3.8) is 0 Å². The third-order valence-electron chi connectivity index (χ3n) is 4.82. The van der Waals surface area contributed by atoms with Crippen molar-refractivity contribution in [3.05, 3.63) is 35.9 Å². The Morgan fingerprint density at radius 2 is 1.96 bits per heavy atom. The van der Waals surface area contributed by atoms with E-state index in [0.717, 1.165) is 5.56 Å². The summed E-state index contributed by atoms with van der Waals surface area (Å²) in [5.41, 5.74) is -0.916. The van der Waals surface area contributed by atoms with Gasteiger partial charge in [-0.3, -0.25) is 4.79 Å². The fourth-order valence-electron chi connectivity index (χ4n) is 3.68. The molecule has 152 valence electrons. The highest BCUT2D eigenvalue weighted by atomic mass is 32.2. The summed E-state index contributed by atoms with van der Waals surface area (Å²) >= 11 is 1.53. The maximum absolute atomic E-state index is 13.5. The molecule has 3 atom stereocenters. The van der Waals surface area contributed by atoms with Crippen molar-refractivity contribution in [3.8, 4) is 0 Å². The van der Waals surface area contributed by atoms with Crippen LogP contribution in [0.15, 0.2) is 30.3 Å². The first-order valence-corrected chi connectivity index (χ1v) is 10.3. The van der Waals surface area contributed by atoms with E-state index in [1.165, 1.54) is 18.9 Å². The van der Waals surface area contributed by atoms with Crippen LogP contribution >= 0.6 is 11.8 Å². The molecule has 0 unspecified atom stereocenters. The van der Waals surface area contributed by atoms with Gasteiger partial charge in [0.1, 0.15) is 17.2 Å². The van der Waals surface area contributed by atoms with Crippen LogP contribution in [-0.2, 0) is 25.5 Å². The molecule has 2 aliphatic rings. The number of alkyl carbamates (subject to hydrolysis) is 1. The number of esters is 1. The maximum Gasteiger partial charge on any atom is 0.408 e. The topological polar surface area (TPSA) is 84.9 Å². The fraction of sp³-hybridized carbons (Fsp3) is 0.550. The minimum Gasteiger partial charge on any atom is -0.467 e. The minimum absolute atomic E-state index is 0.185. The molecular weight excluding hydrogens is 380 g/mol. The lowest BCUT2D eigenvalue weighted by Crippen LogP contribution is -2.58. The number of nitrogens with one attached hydrogen (secondary N) is 1. The predicted octanol–water partition coefficient (Wildman–Crippen LogP) is 2.34. The van der Waals surface area contributed by atoms with Gasteiger partial charge in [0.05, 0.1) is 12.5 Å². The number of benzene rings is 1. The molecule has 8 heteroatoms. The summed E-state index contributed by atoms with van der Waals surface area (Å²) in [5, 5.41) is 2.65. The van der Waals surface area contributed by atoms with Gasteiger partial charge in [-0.15, -0.1) is 11.8 Å². The second-order valence-electron chi connectivity index (χ2n) is 8.11. The molecule has 3 rings (SSSR count). The molecule has 0 aliphatic carbocycles. The summed E-state index contributed by atoms with van der Waals surface area (Å²) in [7, 11) is 1.32. The molecule has 1 aromatic carbocycles. The van der Waals surface area contributed by atoms with E-state index >= 15 is 0 Å². The third kappa shape index (κ3) is 4.11. The number of fused-ring (bicyclic) bond motifs is 1. The Labute approximate surface area is 169 Å². The lowest BCUT2D eigenvalue weighted by molar-refractivity contribution is -0.151. The number of hydrogen-bond donors (Lipinski definition) is 1. The van der Waals surface area contributed by atoms with E-state index in [4.69, 9.17) is 9.47 Å². The zero-order valence-electron chi connectivity index (χ0n) is 16.6. The first kappa shape index (κ1) is 20.5. The number of rotatable bonds is 4. The highest BCUT2D eigenvalue weighted by molar-refractivity contribution is 8.00. The van der Waals surface area contributed by atoms with E-state index < -0.39 is 29.2 Å². The van der Waals surface area contributed by atoms with Crippen molar-refractivity contribution < 1.29 is 23.9 Å². The summed E-state index contributed by atoms with van der Waals surface area (Å²) in [4.78, 5) is 39.7. The van der Waals surface area contributed by atoms with Crippen molar-refractivity contribution in [1.82, 2.24) is 10.2 Å². The van der Waals surface area contributed by atoms with Crippen molar-refractivity contribution in [2.24, 2.45) is 0 Å². The Bertz CT molecular complexity index is 764. The van der Waals surface area contributed by atoms with Crippen LogP contribution < -0.4 is 5.32 Å². The van der Waals surface area contributed by atoms with Crippen LogP contribution in [-0.4, -0.2) is 58.3 Å². The molecule has 0 radical (unpaired) electrons. The Hall–Kier alpha value is -2.22. The number of amides is 2. The third-order valence-corrected chi connectivity index (χ3v) is 6.11. The Kier molecular flexibility index (Phi) is 5.61. The monoisotopic (exact) mass is 406 g/mol. The molecule has 0 saturated carbocycles. The minimum atomic E-state index is -1.16. The van der Waals surface area contributed by atoms with E-state index in [2.05, 4.69) is 5.32 Å². The van der Waals surface area contributed by atoms with Gasteiger partial charge in [0, 0.05) is 18.6 Å². The van der Waals surface area contributed by atoms with Crippen molar-refractivity contribution in [2.45, 2.75) is 56.2 Å². The van der Waals surface area contributed by atoms with Crippen molar-refractivity contribution >= 4 is 29.7 Å². The number of hydrogen-bond acceptors (Lipinski definition) is 6. The van der Waals surface area contributed by atoms with Crippen LogP contribution in [0.5, 0.6) is 0 Å². The molecule has 2 heterocycles. The molecule has 2 amide bonds. The second-order valence-corrected chi connectivity index (χ2v) is 9.33. The lowest BCUT2D eigenvalue weighted by Gasteiger charge is -2.31. The number of thioether (sulfide) groups is 1. The molecule has 1 N–H and O–H groups in total. The highest BCUT2D eigenvalue weighted by Crippen LogP contribution is 2.43. The van der Waals surface area contributed by atoms with Gasteiger partial charge in [0.25, 0.3) is 5.91 Å². The standard InChI is InChI=1S/C20H26N2O5S/c1-19(2,3)27-18(25)21-20(10-13-8-6-5-7-9-13)11-15-22(17(20)24)14(12-28-15)16(23)26-4/h5-9,14-15H,10-12H2,1-4H3,(H,21,25)/t14-,15-,20-/m0/s1. The van der Waals surface area contributed by atoms with Crippen LogP contribution in [0.2, 0.25) is 0 Å². The Balaban J connectivity index is 1.90. The zero-order chi connectivity index (χ0) is 20.5. The van der Waals surface area contributed by atoms with Gasteiger partial charge in [-0.2, -0.15) is 0 Å². The van der Waals surface area contributed by atoms with Crippen molar-refractivity contribution in [2.75, 3.05) is 12.9 Å². The molecule has 2 saturated heterocycles. The summed E-state index contributed by atoms with van der Waals surface area (Å²) in [6.45, 7) is 5.32. The molecule has 1 aromatic rings. The van der Waals surface area contributed by atoms with Crippen LogP contribution in [0.3, 0.4) is 0 Å². The van der Waals surface area contributed by atoms with E-state index in [-0.39, 0.29) is 11.3 Å². The first-order valence-electron chi connectivity index (χ1n) is 9.22. The molecule has 2 aliphatic heterocycles. The largest absolute Gasteiger partial charge is 0.467 e. The van der Waals surface area contributed by atoms with E-state index in [1.54, 1.807) is 25.7 Å². The second kappa shape index (κ2) is 7.66. The number of ether oxygens (including phenoxy) is 2. The van der Waals surface area contributed by atoms with Crippen molar-refractivity contribution in [1.29, 1.82) is 0 Å². The van der Waals surface area contributed by atoms with Gasteiger partial charge in [-0.1, -0.05) is 30.3 Å². The van der Waals surface area contributed by atoms with Crippen LogP contribution in [0.1, 0.15) is 32.8 Å². The summed E-state index contributed by atoms with van der Waals surface area (Å²) in [5.74, 6) is -0.208. The molecule has 7 nitrogen and oxygen atoms in total. The van der Waals surface area contributed by atoms with Gasteiger partial charge in [0.15, 0.2) is 0 Å². The van der Waals surface area contributed by atoms with Gasteiger partial charge < -0.3 is 19.7 Å². The highest BCUT2D eigenvalue weighted by Gasteiger charge is 2.59. The summed E-state index contributed by atoms with van der Waals surface area (Å²) in [6, 6.07) is 8.88. The number of carbonyl (C=O) groups is 3. The molecule has 0 spiro atoms. The molecule has 0 bridgehead atoms. The van der Waals surface area contributed by atoms with Gasteiger partial charge in [0.2, 0.25) is 0 Å². The fourth-order valence-corrected chi connectivity index (χ4v) is 5.19. The average molecular weight is 407 g/mol. The van der Waals surface area contributed by atoms with E-state index in [9.17, 15) is 14.4 Å². The number of methoxy groups -OCH3 is 1. The van der Waals surface area contributed by atoms with Gasteiger partial charge in [-0.05, 0) is 26.3 Å². The van der Waals surface area contributed by atoms with E-state index in [0.29, 0.717) is 18.6 Å². The molecule has 0 aromatic heterocycles. The first-order chi connectivity index (χ1) is 13.1. The Morgan fingerprint density at radius 3 is 2.57 bits per heavy atom. The SMILES string of the molecule is COC(=O)[C@@H]1CS[C@H]2C[C@](Cc3ccccc3)(NC(=O)OC(C)(C)C)C(=O)N21. The smallest absolute Gasteiger partial charge is 0.408 e. The summed E-state index contributed by atoms with van der Waals surface area (Å²) < 4.78 is 10.3. The van der Waals surface area contributed by atoms with Crippen LogP contribution in [0.25, 0.3) is 0 Å². The summed E-state index contributed by atoms with van der Waals surface area (Å²) in [6.07, 6.45) is 0.0865. The van der Waals surface area contributed by atoms with Gasteiger partial charge in [-0.25, -0.2) is 9.59 Å². The predicted molar refractivity (Wildman–Crippen MR) is 106 cm³/mol. The van der Waals surface area contributed by atoms with Gasteiger partial charge >= 0.3 is 12.1 Å². The normalized spacial score (nSPS) is 26.7. The number of nitrogens with zero attached hydrogens (tertiary/aromatic N) is 1. The number of carbonyl (C=O) groups excluding carboxylic acids is 3. The average Bonchev–Trinajstić information content (AvgIpc) is 3.12. The molecule has 2 fully saturated rings. The quantitative estimate of drug-likeness (QED) is 0.773. The molecule has 28 heavy (non-hydrogen) atoms.